The van der Waals surface area contributed by atoms with E-state index in [1.54, 1.807) is 0 Å². The van der Waals surface area contributed by atoms with Crippen LogP contribution in [0.4, 0.5) is 0 Å². The van der Waals surface area contributed by atoms with E-state index in [4.69, 9.17) is 15.9 Å². The van der Waals surface area contributed by atoms with Gasteiger partial charge in [0.15, 0.2) is 0 Å². The molecule has 1 rings (SSSR count). The lowest BCUT2D eigenvalue weighted by Crippen LogP contribution is -2.29. The van der Waals surface area contributed by atoms with Crippen molar-refractivity contribution in [2.45, 2.75) is 46.6 Å². The van der Waals surface area contributed by atoms with Gasteiger partial charge in [-0.15, -0.1) is 0 Å². The normalized spacial score (nSPS) is 11.4. The number of rotatable bonds is 4. The molecule has 3 N–H and O–H groups in total. The molecule has 17 heavy (non-hydrogen) atoms. The number of ether oxygens (including phenoxy) is 1. The highest BCUT2D eigenvalue weighted by Gasteiger charge is 2.22. The SMILES string of the molecule is CCC(C)(C)Oc1nc(C)cc(C)c1C(=N)N. The Hall–Kier alpha value is -1.58. The molecule has 1 aromatic rings. The number of aryl methyl sites for hydroxylation is 2. The predicted octanol–water partition coefficient (Wildman–Crippen LogP) is 2.55. The van der Waals surface area contributed by atoms with E-state index < -0.39 is 0 Å². The standard InChI is InChI=1S/C13H21N3O/c1-6-13(4,5)17-12-10(11(14)15)8(2)7-9(3)16-12/h7H,6H2,1-5H3,(H3,14,15). The van der Waals surface area contributed by atoms with Crippen LogP contribution in [0.3, 0.4) is 0 Å². The van der Waals surface area contributed by atoms with Crippen molar-refractivity contribution in [1.82, 2.24) is 4.98 Å². The third-order valence-electron chi connectivity index (χ3n) is 2.81. The summed E-state index contributed by atoms with van der Waals surface area (Å²) in [5, 5.41) is 7.61. The lowest BCUT2D eigenvalue weighted by Gasteiger charge is -2.26. The summed E-state index contributed by atoms with van der Waals surface area (Å²) in [6, 6.07) is 1.91. The Labute approximate surface area is 103 Å². The first-order valence-electron chi connectivity index (χ1n) is 5.78. The molecule has 0 amide bonds. The number of nitrogens with two attached hydrogens (primary N) is 1. The Kier molecular flexibility index (Phi) is 3.76. The fourth-order valence-electron chi connectivity index (χ4n) is 1.54. The number of nitrogens with zero attached hydrogens (tertiary/aromatic N) is 1. The van der Waals surface area contributed by atoms with E-state index >= 15 is 0 Å². The molecule has 0 atom stereocenters. The van der Waals surface area contributed by atoms with Crippen molar-refractivity contribution in [1.29, 1.82) is 5.41 Å². The van der Waals surface area contributed by atoms with Crippen LogP contribution in [0.5, 0.6) is 5.88 Å². The number of aromatic nitrogens is 1. The highest BCUT2D eigenvalue weighted by molar-refractivity contribution is 5.98. The van der Waals surface area contributed by atoms with E-state index in [0.717, 1.165) is 17.7 Å². The van der Waals surface area contributed by atoms with E-state index in [-0.39, 0.29) is 11.4 Å². The molecule has 0 aliphatic heterocycles. The van der Waals surface area contributed by atoms with Crippen molar-refractivity contribution in [3.8, 4) is 5.88 Å². The fraction of sp³-hybridized carbons (Fsp3) is 0.538. The summed E-state index contributed by atoms with van der Waals surface area (Å²) in [6.07, 6.45) is 0.860. The molecule has 94 valence electrons. The van der Waals surface area contributed by atoms with Gasteiger partial charge in [-0.25, -0.2) is 4.98 Å². The van der Waals surface area contributed by atoms with Gasteiger partial charge < -0.3 is 10.5 Å². The second-order valence-corrected chi connectivity index (χ2v) is 4.89. The van der Waals surface area contributed by atoms with E-state index in [9.17, 15) is 0 Å². The largest absolute Gasteiger partial charge is 0.471 e. The summed E-state index contributed by atoms with van der Waals surface area (Å²) in [5.74, 6) is 0.457. The van der Waals surface area contributed by atoms with Crippen LogP contribution in [0.2, 0.25) is 0 Å². The minimum atomic E-state index is -0.308. The van der Waals surface area contributed by atoms with E-state index in [1.165, 1.54) is 0 Å². The molecular formula is C13H21N3O. The van der Waals surface area contributed by atoms with Crippen molar-refractivity contribution in [3.63, 3.8) is 0 Å². The van der Waals surface area contributed by atoms with Crippen LogP contribution in [0.25, 0.3) is 0 Å². The summed E-state index contributed by atoms with van der Waals surface area (Å²) < 4.78 is 5.87. The molecule has 0 aliphatic rings. The lowest BCUT2D eigenvalue weighted by molar-refractivity contribution is 0.0985. The van der Waals surface area contributed by atoms with Crippen LogP contribution in [-0.4, -0.2) is 16.4 Å². The van der Waals surface area contributed by atoms with E-state index in [1.807, 2.05) is 33.8 Å². The van der Waals surface area contributed by atoms with Crippen LogP contribution < -0.4 is 10.5 Å². The maximum absolute atomic E-state index is 7.61. The van der Waals surface area contributed by atoms with Crippen molar-refractivity contribution in [2.75, 3.05) is 0 Å². The first kappa shape index (κ1) is 13.5. The van der Waals surface area contributed by atoms with Crippen molar-refractivity contribution < 1.29 is 4.74 Å². The quantitative estimate of drug-likeness (QED) is 0.622. The van der Waals surface area contributed by atoms with Gasteiger partial charge in [-0.1, -0.05) is 6.92 Å². The highest BCUT2D eigenvalue weighted by atomic mass is 16.5. The molecule has 1 aromatic heterocycles. The fourth-order valence-corrected chi connectivity index (χ4v) is 1.54. The van der Waals surface area contributed by atoms with E-state index in [0.29, 0.717) is 11.4 Å². The van der Waals surface area contributed by atoms with Gasteiger partial charge in [0.1, 0.15) is 11.4 Å². The smallest absolute Gasteiger partial charge is 0.225 e. The molecule has 4 nitrogen and oxygen atoms in total. The number of hydrogen-bond donors (Lipinski definition) is 2. The molecule has 0 saturated carbocycles. The molecule has 0 aliphatic carbocycles. The molecule has 0 aromatic carbocycles. The van der Waals surface area contributed by atoms with Crippen LogP contribution in [0, 0.1) is 19.3 Å². The Bertz CT molecular complexity index is 439. The average molecular weight is 235 g/mol. The molecule has 0 fully saturated rings. The van der Waals surface area contributed by atoms with Gasteiger partial charge in [0, 0.05) is 5.69 Å². The van der Waals surface area contributed by atoms with Crippen molar-refractivity contribution >= 4 is 5.84 Å². The molecular weight excluding hydrogens is 214 g/mol. The summed E-state index contributed by atoms with van der Waals surface area (Å²) >= 11 is 0. The average Bonchev–Trinajstić information content (AvgIpc) is 2.14. The van der Waals surface area contributed by atoms with Gasteiger partial charge in [-0.2, -0.15) is 0 Å². The molecule has 0 saturated heterocycles. The van der Waals surface area contributed by atoms with E-state index in [2.05, 4.69) is 11.9 Å². The van der Waals surface area contributed by atoms with Crippen molar-refractivity contribution in [3.05, 3.63) is 22.9 Å². The van der Waals surface area contributed by atoms with Crippen LogP contribution in [0.15, 0.2) is 6.07 Å². The number of nitrogens with one attached hydrogen (secondary N) is 1. The summed E-state index contributed by atoms with van der Waals surface area (Å²) in [6.45, 7) is 9.86. The second kappa shape index (κ2) is 4.73. The molecule has 0 bridgehead atoms. The third-order valence-corrected chi connectivity index (χ3v) is 2.81. The predicted molar refractivity (Wildman–Crippen MR) is 69.7 cm³/mol. The Morgan fingerprint density at radius 1 is 1.47 bits per heavy atom. The summed E-state index contributed by atoms with van der Waals surface area (Å²) in [5.41, 5.74) is 7.67. The summed E-state index contributed by atoms with van der Waals surface area (Å²) in [7, 11) is 0. The highest BCUT2D eigenvalue weighted by Crippen LogP contribution is 2.25. The maximum Gasteiger partial charge on any atom is 0.225 e. The van der Waals surface area contributed by atoms with Gasteiger partial charge in [0.05, 0.1) is 5.56 Å². The van der Waals surface area contributed by atoms with Gasteiger partial charge >= 0.3 is 0 Å². The van der Waals surface area contributed by atoms with Gasteiger partial charge in [-0.3, -0.25) is 5.41 Å². The minimum Gasteiger partial charge on any atom is -0.471 e. The maximum atomic E-state index is 7.61. The first-order chi connectivity index (χ1) is 7.76. The van der Waals surface area contributed by atoms with Gasteiger partial charge in [-0.05, 0) is 45.7 Å². The van der Waals surface area contributed by atoms with Crippen LogP contribution in [0.1, 0.15) is 44.0 Å². The molecule has 0 unspecified atom stereocenters. The number of hydrogen-bond acceptors (Lipinski definition) is 3. The molecule has 0 radical (unpaired) electrons. The number of pyridine rings is 1. The zero-order valence-electron chi connectivity index (χ0n) is 11.2. The zero-order chi connectivity index (χ0) is 13.2. The van der Waals surface area contributed by atoms with Crippen LogP contribution in [-0.2, 0) is 0 Å². The lowest BCUT2D eigenvalue weighted by atomic mass is 10.1. The van der Waals surface area contributed by atoms with Crippen molar-refractivity contribution in [2.24, 2.45) is 5.73 Å². The van der Waals surface area contributed by atoms with Crippen LogP contribution >= 0.6 is 0 Å². The molecule has 4 heteroatoms. The zero-order valence-corrected chi connectivity index (χ0v) is 11.2. The Balaban J connectivity index is 3.26. The monoisotopic (exact) mass is 235 g/mol. The number of nitrogen functional groups attached to an aromatic ring is 1. The Morgan fingerprint density at radius 3 is 2.53 bits per heavy atom. The summed E-state index contributed by atoms with van der Waals surface area (Å²) in [4.78, 5) is 4.35. The van der Waals surface area contributed by atoms with Gasteiger partial charge in [0.25, 0.3) is 0 Å². The first-order valence-corrected chi connectivity index (χ1v) is 5.78. The Morgan fingerprint density at radius 2 is 2.06 bits per heavy atom. The number of amidine groups is 1. The second-order valence-electron chi connectivity index (χ2n) is 4.89. The molecule has 0 spiro atoms. The van der Waals surface area contributed by atoms with Gasteiger partial charge in [0.2, 0.25) is 5.88 Å². The topological polar surface area (TPSA) is 72.0 Å². The molecule has 1 heterocycles. The minimum absolute atomic E-state index is 0.00287. The third kappa shape index (κ3) is 3.19.